The van der Waals surface area contributed by atoms with E-state index in [4.69, 9.17) is 13.9 Å². The largest absolute Gasteiger partial charge is 0.496 e. The summed E-state index contributed by atoms with van der Waals surface area (Å²) < 4.78 is 47.8. The van der Waals surface area contributed by atoms with E-state index < -0.39 is 37.0 Å². The Bertz CT molecular complexity index is 3390. The molecule has 0 unspecified atom stereocenters. The van der Waals surface area contributed by atoms with Crippen LogP contribution < -0.4 is 24.4 Å². The van der Waals surface area contributed by atoms with Crippen LogP contribution >= 0.6 is 0 Å². The van der Waals surface area contributed by atoms with Gasteiger partial charge in [-0.15, -0.1) is 0 Å². The molecular weight excluding hydrogens is 973 g/mol. The highest BCUT2D eigenvalue weighted by atomic mass is 32.2. The quantitative estimate of drug-likeness (QED) is 0.0525. The number of nitrogens with zero attached hydrogens (tertiary/aromatic N) is 5. The van der Waals surface area contributed by atoms with Gasteiger partial charge in [-0.1, -0.05) is 38.1 Å². The van der Waals surface area contributed by atoms with Gasteiger partial charge in [-0.3, -0.25) is 24.7 Å². The number of benzene rings is 4. The van der Waals surface area contributed by atoms with Crippen molar-refractivity contribution in [2.75, 3.05) is 56.6 Å². The predicted molar refractivity (Wildman–Crippen MR) is 287 cm³/mol. The lowest BCUT2D eigenvalue weighted by atomic mass is 9.59. The second-order valence-corrected chi connectivity index (χ2v) is 23.6. The molecular formula is C57H64N8O9S. The molecule has 3 aromatic heterocycles. The van der Waals surface area contributed by atoms with Gasteiger partial charge in [0.25, 0.3) is 21.6 Å². The fraction of sp³-hybridized carbons (Fsp3) is 0.404. The number of piperazine rings is 1. The zero-order chi connectivity index (χ0) is 52.2. The number of ether oxygens (including phenoxy) is 2. The van der Waals surface area contributed by atoms with Gasteiger partial charge in [0.05, 0.1) is 45.9 Å². The van der Waals surface area contributed by atoms with Crippen LogP contribution in [0.4, 0.5) is 17.1 Å². The Hall–Kier alpha value is -6.99. The lowest BCUT2D eigenvalue weighted by molar-refractivity contribution is -0.384. The number of aromatic nitrogens is 2. The summed E-state index contributed by atoms with van der Waals surface area (Å²) >= 11 is 0. The van der Waals surface area contributed by atoms with Crippen molar-refractivity contribution < 1.29 is 37.1 Å². The molecule has 11 rings (SSSR count). The maximum absolute atomic E-state index is 14.1. The Morgan fingerprint density at radius 2 is 1.80 bits per heavy atom. The Labute approximate surface area is 436 Å². The highest BCUT2D eigenvalue weighted by molar-refractivity contribution is 7.90. The third-order valence-corrected chi connectivity index (χ3v) is 17.5. The van der Waals surface area contributed by atoms with Crippen LogP contribution in [0.3, 0.4) is 0 Å². The number of nitrogens with one attached hydrogen (secondary N) is 3. The number of rotatable bonds is 16. The molecule has 4 aliphatic rings. The molecule has 0 radical (unpaired) electrons. The van der Waals surface area contributed by atoms with Crippen molar-refractivity contribution in [3.63, 3.8) is 0 Å². The molecule has 5 heterocycles. The molecule has 75 heavy (non-hydrogen) atoms. The van der Waals surface area contributed by atoms with Crippen molar-refractivity contribution in [3.8, 4) is 17.2 Å². The first-order chi connectivity index (χ1) is 36.0. The zero-order valence-electron chi connectivity index (χ0n) is 42.8. The monoisotopic (exact) mass is 1040 g/mol. The molecule has 2 saturated carbocycles. The number of carbonyl (C=O) groups is 1. The van der Waals surface area contributed by atoms with Crippen LogP contribution in [0.2, 0.25) is 0 Å². The number of pyridine rings is 1. The minimum Gasteiger partial charge on any atom is -0.496 e. The normalized spacial score (nSPS) is 21.3. The number of sulfonamides is 1. The van der Waals surface area contributed by atoms with Gasteiger partial charge in [-0.05, 0) is 129 Å². The number of fused-ring (bicyclic) bond motifs is 2. The molecule has 2 aliphatic heterocycles. The van der Waals surface area contributed by atoms with E-state index in [1.54, 1.807) is 43.8 Å². The van der Waals surface area contributed by atoms with E-state index in [2.05, 4.69) is 85.0 Å². The van der Waals surface area contributed by atoms with E-state index in [9.17, 15) is 28.4 Å². The fourth-order valence-corrected chi connectivity index (χ4v) is 13.1. The number of aromatic amines is 1. The standard InChI is InChI=1S/C57H64N8O9S/c1-36(2)44-7-5-6-8-45(44)50-33-62(32-38-23-51(72-4)46-16-22-73-52(46)24-38)20-21-64(50)41-28-57(29-41)34-63(35-57)40-9-11-47(53(26-40)74-42-25-39-15-19-58-54(39)60-31-42)55(66)61-75(70,71)43-10-12-48(49(27-43)65(68)69)59-30-37-13-17-56(3,67)18-14-37/h5-12,15-16,19,22-27,31,36-37,41,50,59,67H,13-14,17-18,20-21,28-30,32-35H2,1-4H3,(H,58,60)(H,61,66)/t37-,50-,56-/m0/s1. The minimum atomic E-state index is -4.60. The van der Waals surface area contributed by atoms with Gasteiger partial charge >= 0.3 is 0 Å². The predicted octanol–water partition coefficient (Wildman–Crippen LogP) is 10.1. The molecule has 2 saturated heterocycles. The summed E-state index contributed by atoms with van der Waals surface area (Å²) in [5.74, 6) is 0.913. The van der Waals surface area contributed by atoms with Crippen molar-refractivity contribution in [1.29, 1.82) is 0 Å². The molecule has 1 spiro atoms. The van der Waals surface area contributed by atoms with E-state index in [-0.39, 0.29) is 34.4 Å². The molecule has 7 aromatic rings. The van der Waals surface area contributed by atoms with E-state index in [0.29, 0.717) is 42.7 Å². The van der Waals surface area contributed by atoms with Crippen LogP contribution in [0.1, 0.15) is 98.3 Å². The van der Waals surface area contributed by atoms with Crippen LogP contribution in [0.15, 0.2) is 119 Å². The number of H-pyrrole nitrogens is 1. The SMILES string of the molecule is COc1cc(CN2CCN(C3CC4(C3)CN(c3ccc(C(=O)NS(=O)(=O)c5ccc(NC[C@H]6CC[C@](C)(O)CC6)c([N+](=O)[O-])c5)c(Oc5cnc6[nH]ccc6c5)c3)C4)[C@H](c3ccccc3C(C)C)C2)cc2occc12. The Balaban J connectivity index is 0.791. The van der Waals surface area contributed by atoms with E-state index in [1.807, 2.05) is 19.1 Å². The summed E-state index contributed by atoms with van der Waals surface area (Å²) in [6, 6.07) is 28.1. The summed E-state index contributed by atoms with van der Waals surface area (Å²) in [7, 11) is -2.89. The number of hydrogen-bond donors (Lipinski definition) is 4. The number of nitro benzene ring substituents is 1. The van der Waals surface area contributed by atoms with Gasteiger partial charge in [0.2, 0.25) is 0 Å². The lowest BCUT2D eigenvalue weighted by Gasteiger charge is -2.63. The first kappa shape index (κ1) is 50.2. The lowest BCUT2D eigenvalue weighted by Crippen LogP contribution is -2.68. The maximum Gasteiger partial charge on any atom is 0.293 e. The van der Waals surface area contributed by atoms with Gasteiger partial charge in [0.1, 0.15) is 34.2 Å². The number of hydrogen-bond acceptors (Lipinski definition) is 14. The highest BCUT2D eigenvalue weighted by Crippen LogP contribution is 2.54. The van der Waals surface area contributed by atoms with E-state index >= 15 is 0 Å². The molecule has 4 fully saturated rings. The van der Waals surface area contributed by atoms with Crippen molar-refractivity contribution in [2.45, 2.75) is 94.3 Å². The minimum absolute atomic E-state index is 0.0396. The van der Waals surface area contributed by atoms with Crippen molar-refractivity contribution in [1.82, 2.24) is 24.5 Å². The fourth-order valence-electron chi connectivity index (χ4n) is 12.1. The molecule has 1 atom stereocenters. The Kier molecular flexibility index (Phi) is 13.3. The molecule has 0 bridgehead atoms. The van der Waals surface area contributed by atoms with E-state index in [0.717, 1.165) is 104 Å². The number of furan rings is 1. The average molecular weight is 1040 g/mol. The Morgan fingerprint density at radius 3 is 2.57 bits per heavy atom. The summed E-state index contributed by atoms with van der Waals surface area (Å²) in [6.07, 6.45) is 9.89. The van der Waals surface area contributed by atoms with Crippen LogP contribution in [-0.4, -0.2) is 102 Å². The maximum atomic E-state index is 14.1. The molecule has 18 heteroatoms. The zero-order valence-corrected chi connectivity index (χ0v) is 43.6. The third kappa shape index (κ3) is 10.3. The van der Waals surface area contributed by atoms with Crippen molar-refractivity contribution in [3.05, 3.63) is 142 Å². The smallest absolute Gasteiger partial charge is 0.293 e. The number of carbonyl (C=O) groups excluding carboxylic acids is 1. The highest BCUT2D eigenvalue weighted by Gasteiger charge is 2.55. The number of amides is 1. The molecule has 392 valence electrons. The van der Waals surface area contributed by atoms with Crippen molar-refractivity contribution in [2.24, 2.45) is 11.3 Å². The van der Waals surface area contributed by atoms with Crippen LogP contribution in [0.5, 0.6) is 17.2 Å². The van der Waals surface area contributed by atoms with Crippen LogP contribution in [0, 0.1) is 21.4 Å². The number of aliphatic hydroxyl groups is 1. The molecule has 1 amide bonds. The summed E-state index contributed by atoms with van der Waals surface area (Å²) in [4.78, 5) is 40.4. The first-order valence-corrected chi connectivity index (χ1v) is 27.4. The number of methoxy groups -OCH3 is 1. The second kappa shape index (κ2) is 19.9. The molecule has 17 nitrogen and oxygen atoms in total. The first-order valence-electron chi connectivity index (χ1n) is 26.0. The van der Waals surface area contributed by atoms with Gasteiger partial charge in [-0.2, -0.15) is 0 Å². The average Bonchev–Trinajstić information content (AvgIpc) is 4.05. The van der Waals surface area contributed by atoms with Crippen LogP contribution in [-0.2, 0) is 16.6 Å². The van der Waals surface area contributed by atoms with Crippen molar-refractivity contribution >= 4 is 55.0 Å². The topological polar surface area (TPSA) is 209 Å². The molecule has 4 N–H and O–H groups in total. The van der Waals surface area contributed by atoms with Gasteiger partial charge < -0.3 is 34.2 Å². The second-order valence-electron chi connectivity index (χ2n) is 21.9. The van der Waals surface area contributed by atoms with Gasteiger partial charge in [-0.25, -0.2) is 18.1 Å². The number of nitro groups is 1. The van der Waals surface area contributed by atoms with Gasteiger partial charge in [0.15, 0.2) is 0 Å². The van der Waals surface area contributed by atoms with E-state index in [1.165, 1.54) is 29.5 Å². The summed E-state index contributed by atoms with van der Waals surface area (Å²) in [5.41, 5.74) is 5.33. The van der Waals surface area contributed by atoms with Gasteiger partial charge in [0, 0.05) is 92.7 Å². The Morgan fingerprint density at radius 1 is 1.00 bits per heavy atom. The summed E-state index contributed by atoms with van der Waals surface area (Å²) in [5, 5.41) is 27.5. The molecule has 2 aliphatic carbocycles. The summed E-state index contributed by atoms with van der Waals surface area (Å²) in [6.45, 7) is 12.0. The third-order valence-electron chi connectivity index (χ3n) is 16.2. The number of anilines is 2. The molecule has 4 aromatic carbocycles. The van der Waals surface area contributed by atoms with Crippen LogP contribution in [0.25, 0.3) is 22.0 Å².